The summed E-state index contributed by atoms with van der Waals surface area (Å²) in [5.41, 5.74) is 0. The monoisotopic (exact) mass is 889 g/mol. The summed E-state index contributed by atoms with van der Waals surface area (Å²) in [5, 5.41) is 0. The molecule has 0 radical (unpaired) electrons. The fourth-order valence-corrected chi connectivity index (χ4v) is 6.90. The average Bonchev–Trinajstić information content (AvgIpc) is 3.29. The van der Waals surface area contributed by atoms with Crippen LogP contribution in [-0.2, 0) is 28.6 Å². The van der Waals surface area contributed by atoms with E-state index in [9.17, 15) is 14.4 Å². The van der Waals surface area contributed by atoms with E-state index < -0.39 is 6.10 Å². The second-order valence-corrected chi connectivity index (χ2v) is 17.1. The molecule has 0 N–H and O–H groups in total. The van der Waals surface area contributed by atoms with Crippen LogP contribution in [0.25, 0.3) is 0 Å². The van der Waals surface area contributed by atoms with Gasteiger partial charge in [-0.3, -0.25) is 14.4 Å². The highest BCUT2D eigenvalue weighted by Gasteiger charge is 2.19. The second-order valence-electron chi connectivity index (χ2n) is 17.1. The van der Waals surface area contributed by atoms with Gasteiger partial charge in [0, 0.05) is 19.3 Å². The van der Waals surface area contributed by atoms with Gasteiger partial charge in [0.15, 0.2) is 6.10 Å². The quantitative estimate of drug-likeness (QED) is 0.0262. The van der Waals surface area contributed by atoms with Crippen LogP contribution in [0.3, 0.4) is 0 Å². The van der Waals surface area contributed by atoms with Crippen LogP contribution in [0, 0.1) is 0 Å². The van der Waals surface area contributed by atoms with Gasteiger partial charge in [-0.25, -0.2) is 0 Å². The number of ether oxygens (including phenoxy) is 3. The third-order valence-corrected chi connectivity index (χ3v) is 10.8. The van der Waals surface area contributed by atoms with Crippen LogP contribution in [0.1, 0.15) is 233 Å². The molecule has 0 fully saturated rings. The minimum absolute atomic E-state index is 0.110. The minimum atomic E-state index is -0.819. The van der Waals surface area contributed by atoms with Crippen molar-refractivity contribution in [3.8, 4) is 0 Å². The minimum Gasteiger partial charge on any atom is -0.462 e. The lowest BCUT2D eigenvalue weighted by Crippen LogP contribution is -2.30. The highest BCUT2D eigenvalue weighted by molar-refractivity contribution is 5.71. The summed E-state index contributed by atoms with van der Waals surface area (Å²) in [6, 6.07) is 0. The van der Waals surface area contributed by atoms with Crippen LogP contribution < -0.4 is 0 Å². The van der Waals surface area contributed by atoms with Crippen molar-refractivity contribution in [1.82, 2.24) is 0 Å². The second kappa shape index (κ2) is 52.0. The molecule has 0 aliphatic rings. The molecule has 0 aliphatic carbocycles. The first kappa shape index (κ1) is 60.3. The Morgan fingerprint density at radius 3 is 1.05 bits per heavy atom. The number of esters is 3. The molecule has 6 nitrogen and oxygen atoms in total. The van der Waals surface area contributed by atoms with Gasteiger partial charge in [0.05, 0.1) is 0 Å². The number of hydrogen-bond acceptors (Lipinski definition) is 6. The van der Waals surface area contributed by atoms with Crippen LogP contribution in [-0.4, -0.2) is 37.2 Å². The summed E-state index contributed by atoms with van der Waals surface area (Å²) in [4.78, 5) is 38.0. The van der Waals surface area contributed by atoms with Crippen LogP contribution in [0.4, 0.5) is 0 Å². The molecule has 0 spiro atoms. The molecule has 0 aromatic carbocycles. The van der Waals surface area contributed by atoms with Gasteiger partial charge in [-0.15, -0.1) is 0 Å². The zero-order chi connectivity index (χ0) is 46.5. The first-order chi connectivity index (χ1) is 31.5. The number of carbonyl (C=O) groups excluding carboxylic acids is 3. The van der Waals surface area contributed by atoms with Gasteiger partial charge >= 0.3 is 17.9 Å². The standard InChI is InChI=1S/C58H96O6/c1-4-7-10-13-16-19-22-25-28-29-31-33-36-39-42-45-48-51-57(60)63-54-55(53-62-56(59)50-47-44-41-38-35-32-27-24-21-18-15-12-9-6-3)64-58(61)52-49-46-43-40-37-34-30-26-23-20-17-14-11-8-5-2/h7,10,16-17,19-20,25-26,28,30-31,33,37,39-40,42,55H,4-6,8-9,11-15,18,21-24,27,29,32,34-36,38,41,43-54H2,1-3H3/b10-7-,19-16-,20-17-,28-25-,30-26-,33-31-,40-37-,42-39-/t55-/m1/s1. The van der Waals surface area contributed by atoms with Crippen molar-refractivity contribution in [3.05, 3.63) is 97.2 Å². The Balaban J connectivity index is 4.54. The molecule has 0 amide bonds. The number of carbonyl (C=O) groups is 3. The van der Waals surface area contributed by atoms with Crippen molar-refractivity contribution >= 4 is 17.9 Å². The lowest BCUT2D eigenvalue weighted by Gasteiger charge is -2.18. The van der Waals surface area contributed by atoms with Gasteiger partial charge in [0.25, 0.3) is 0 Å². The molecular weight excluding hydrogens is 793 g/mol. The van der Waals surface area contributed by atoms with Gasteiger partial charge in [-0.2, -0.15) is 0 Å². The van der Waals surface area contributed by atoms with E-state index in [0.717, 1.165) is 83.5 Å². The van der Waals surface area contributed by atoms with Gasteiger partial charge in [0.2, 0.25) is 0 Å². The largest absolute Gasteiger partial charge is 0.462 e. The first-order valence-corrected chi connectivity index (χ1v) is 26.2. The zero-order valence-corrected chi connectivity index (χ0v) is 41.5. The van der Waals surface area contributed by atoms with Crippen LogP contribution >= 0.6 is 0 Å². The Bertz CT molecular complexity index is 1300. The van der Waals surface area contributed by atoms with Gasteiger partial charge in [-0.1, -0.05) is 214 Å². The predicted molar refractivity (Wildman–Crippen MR) is 274 cm³/mol. The first-order valence-electron chi connectivity index (χ1n) is 26.2. The fourth-order valence-electron chi connectivity index (χ4n) is 6.90. The van der Waals surface area contributed by atoms with Crippen molar-refractivity contribution in [1.29, 1.82) is 0 Å². The van der Waals surface area contributed by atoms with Crippen molar-refractivity contribution in [2.45, 2.75) is 239 Å². The Kier molecular flexibility index (Phi) is 49.0. The molecule has 364 valence electrons. The maximum absolute atomic E-state index is 12.8. The van der Waals surface area contributed by atoms with Gasteiger partial charge < -0.3 is 14.2 Å². The summed E-state index contributed by atoms with van der Waals surface area (Å²) in [5.74, 6) is -1.01. The van der Waals surface area contributed by atoms with Crippen molar-refractivity contribution < 1.29 is 28.6 Å². The third kappa shape index (κ3) is 49.3. The van der Waals surface area contributed by atoms with Crippen molar-refractivity contribution in [2.75, 3.05) is 13.2 Å². The van der Waals surface area contributed by atoms with E-state index in [2.05, 4.69) is 118 Å². The molecule has 0 bridgehead atoms. The Hall–Kier alpha value is -3.67. The summed E-state index contributed by atoms with van der Waals surface area (Å²) in [6.45, 7) is 6.41. The van der Waals surface area contributed by atoms with Crippen molar-refractivity contribution in [3.63, 3.8) is 0 Å². The maximum atomic E-state index is 12.8. The van der Waals surface area contributed by atoms with Crippen molar-refractivity contribution in [2.24, 2.45) is 0 Å². The van der Waals surface area contributed by atoms with Crippen LogP contribution in [0.2, 0.25) is 0 Å². The van der Waals surface area contributed by atoms with Crippen LogP contribution in [0.5, 0.6) is 0 Å². The van der Waals surface area contributed by atoms with E-state index in [-0.39, 0.29) is 44.0 Å². The number of allylic oxidation sites excluding steroid dienone is 16. The van der Waals surface area contributed by atoms with Crippen LogP contribution in [0.15, 0.2) is 97.2 Å². The Labute approximate surface area is 394 Å². The molecule has 0 heterocycles. The van der Waals surface area contributed by atoms with Gasteiger partial charge in [-0.05, 0) is 96.3 Å². The SMILES string of the molecule is CC/C=C\C/C=C\C/C=C\C/C=C\C/C=C\CCCC(=O)OC[C@@H](COC(=O)CCCCCCCCCCCCCCCC)OC(=O)CCCC/C=C\C/C=C\C/C=C\CCCCC. The molecule has 0 unspecified atom stereocenters. The fraction of sp³-hybridized carbons (Fsp3) is 0.672. The smallest absolute Gasteiger partial charge is 0.306 e. The molecule has 0 saturated carbocycles. The highest BCUT2D eigenvalue weighted by Crippen LogP contribution is 2.14. The predicted octanol–water partition coefficient (Wildman–Crippen LogP) is 17.4. The van der Waals surface area contributed by atoms with E-state index in [0.29, 0.717) is 19.3 Å². The van der Waals surface area contributed by atoms with E-state index in [1.807, 2.05) is 0 Å². The Morgan fingerprint density at radius 1 is 0.328 bits per heavy atom. The highest BCUT2D eigenvalue weighted by atomic mass is 16.6. The number of unbranched alkanes of at least 4 members (excludes halogenated alkanes) is 19. The molecule has 6 heteroatoms. The summed E-state index contributed by atoms with van der Waals surface area (Å²) < 4.78 is 16.7. The van der Waals surface area contributed by atoms with E-state index in [1.165, 1.54) is 96.3 Å². The molecular formula is C58H96O6. The topological polar surface area (TPSA) is 78.9 Å². The normalized spacial score (nSPS) is 12.9. The summed E-state index contributed by atoms with van der Waals surface area (Å²) in [7, 11) is 0. The molecule has 0 aliphatic heterocycles. The van der Waals surface area contributed by atoms with Gasteiger partial charge in [0.1, 0.15) is 13.2 Å². The molecule has 1 atom stereocenters. The lowest BCUT2D eigenvalue weighted by atomic mass is 10.0. The summed E-state index contributed by atoms with van der Waals surface area (Å²) >= 11 is 0. The molecule has 0 aromatic heterocycles. The van der Waals surface area contributed by atoms with E-state index in [1.54, 1.807) is 0 Å². The zero-order valence-electron chi connectivity index (χ0n) is 41.5. The molecule has 0 saturated heterocycles. The maximum Gasteiger partial charge on any atom is 0.306 e. The molecule has 0 rings (SSSR count). The Morgan fingerprint density at radius 2 is 0.625 bits per heavy atom. The number of rotatable bonds is 46. The van der Waals surface area contributed by atoms with E-state index >= 15 is 0 Å². The molecule has 0 aromatic rings. The third-order valence-electron chi connectivity index (χ3n) is 10.8. The average molecular weight is 889 g/mol. The molecule has 64 heavy (non-hydrogen) atoms. The summed E-state index contributed by atoms with van der Waals surface area (Å²) in [6.07, 6.45) is 68.2. The number of hydrogen-bond donors (Lipinski definition) is 0. The lowest BCUT2D eigenvalue weighted by molar-refractivity contribution is -0.167. The van der Waals surface area contributed by atoms with E-state index in [4.69, 9.17) is 14.2 Å².